The van der Waals surface area contributed by atoms with Crippen LogP contribution < -0.4 is 4.90 Å². The van der Waals surface area contributed by atoms with Crippen molar-refractivity contribution >= 4 is 38.6 Å². The van der Waals surface area contributed by atoms with Crippen LogP contribution in [0.15, 0.2) is 40.6 Å². The van der Waals surface area contributed by atoms with Crippen molar-refractivity contribution in [3.63, 3.8) is 0 Å². The van der Waals surface area contributed by atoms with Crippen LogP contribution in [0.5, 0.6) is 0 Å². The summed E-state index contributed by atoms with van der Waals surface area (Å²) in [5.41, 5.74) is 0.134. The number of nitro groups is 1. The predicted octanol–water partition coefficient (Wildman–Crippen LogP) is 2.97. The van der Waals surface area contributed by atoms with Crippen molar-refractivity contribution in [2.24, 2.45) is 0 Å². The number of aryl methyl sites for hydroxylation is 1. The summed E-state index contributed by atoms with van der Waals surface area (Å²) in [6, 6.07) is 8.05. The lowest BCUT2D eigenvalue weighted by molar-refractivity contribution is -0.384. The molecule has 3 rings (SSSR count). The molecule has 1 aromatic heterocycles. The molecule has 0 unspecified atom stereocenters. The summed E-state index contributed by atoms with van der Waals surface area (Å²) >= 11 is 1.63. The highest BCUT2D eigenvalue weighted by Gasteiger charge is 2.29. The normalized spacial score (nSPS) is 14.7. The van der Waals surface area contributed by atoms with E-state index in [-0.39, 0.29) is 29.6 Å². The zero-order valence-corrected chi connectivity index (χ0v) is 19.9. The highest BCUT2D eigenvalue weighted by molar-refractivity contribution is 7.89. The zero-order chi connectivity index (χ0) is 23.3. The molecule has 1 aliphatic heterocycles. The molecule has 0 spiro atoms. The van der Waals surface area contributed by atoms with E-state index in [9.17, 15) is 23.3 Å². The second-order valence-electron chi connectivity index (χ2n) is 7.44. The summed E-state index contributed by atoms with van der Waals surface area (Å²) in [4.78, 5) is 28.4. The Bertz CT molecular complexity index is 1040. The van der Waals surface area contributed by atoms with Crippen molar-refractivity contribution < 1.29 is 18.1 Å². The summed E-state index contributed by atoms with van der Waals surface area (Å²) in [6.45, 7) is 5.88. The van der Waals surface area contributed by atoms with E-state index in [0.717, 1.165) is 6.07 Å². The summed E-state index contributed by atoms with van der Waals surface area (Å²) in [5.74, 6) is 0.0770. The number of benzene rings is 1. The number of rotatable bonds is 9. The van der Waals surface area contributed by atoms with Gasteiger partial charge in [-0.15, -0.1) is 11.3 Å². The summed E-state index contributed by atoms with van der Waals surface area (Å²) in [6.07, 6.45) is 1.16. The number of anilines is 1. The topological polar surface area (TPSA) is 104 Å². The van der Waals surface area contributed by atoms with E-state index < -0.39 is 14.9 Å². The minimum atomic E-state index is -3.79. The van der Waals surface area contributed by atoms with Crippen molar-refractivity contribution in [1.29, 1.82) is 0 Å². The second kappa shape index (κ2) is 10.4. The molecule has 0 aliphatic carbocycles. The third-order valence-corrected chi connectivity index (χ3v) is 8.61. The van der Waals surface area contributed by atoms with Crippen molar-refractivity contribution in [3.05, 3.63) is 50.7 Å². The molecule has 0 bridgehead atoms. The van der Waals surface area contributed by atoms with E-state index in [1.54, 1.807) is 30.1 Å². The molecule has 0 saturated carbocycles. The second-order valence-corrected chi connectivity index (χ2v) is 10.4. The van der Waals surface area contributed by atoms with Gasteiger partial charge in [0, 0.05) is 56.6 Å². The Kier molecular flexibility index (Phi) is 7.86. The first-order valence-corrected chi connectivity index (χ1v) is 12.9. The molecular formula is C21H28N4O5S2. The largest absolute Gasteiger partial charge is 0.362 e. The van der Waals surface area contributed by atoms with Crippen LogP contribution in [-0.2, 0) is 21.2 Å². The summed E-state index contributed by atoms with van der Waals surface area (Å²) in [7, 11) is -3.79. The van der Waals surface area contributed by atoms with Gasteiger partial charge in [0.1, 0.15) is 5.69 Å². The first-order valence-electron chi connectivity index (χ1n) is 10.6. The first kappa shape index (κ1) is 24.1. The molecule has 2 aromatic rings. The summed E-state index contributed by atoms with van der Waals surface area (Å²) < 4.78 is 26.8. The van der Waals surface area contributed by atoms with Gasteiger partial charge in [-0.3, -0.25) is 14.9 Å². The molecule has 2 heterocycles. The molecule has 32 heavy (non-hydrogen) atoms. The third-order valence-electron chi connectivity index (χ3n) is 5.63. The Labute approximate surface area is 192 Å². The van der Waals surface area contributed by atoms with E-state index in [4.69, 9.17) is 0 Å². The van der Waals surface area contributed by atoms with E-state index in [0.29, 0.717) is 44.7 Å². The SMILES string of the molecule is CCN(CC)S(=O)(=O)c1ccc(N2CCN(C(=O)CCc3cccs3)CC2)c([N+](=O)[O-])c1. The third kappa shape index (κ3) is 5.28. The van der Waals surface area contributed by atoms with Gasteiger partial charge in [0.2, 0.25) is 15.9 Å². The van der Waals surface area contributed by atoms with E-state index >= 15 is 0 Å². The van der Waals surface area contributed by atoms with Crippen LogP contribution in [0.4, 0.5) is 11.4 Å². The number of thiophene rings is 1. The van der Waals surface area contributed by atoms with Crippen LogP contribution in [0.2, 0.25) is 0 Å². The first-order chi connectivity index (χ1) is 15.3. The monoisotopic (exact) mass is 480 g/mol. The lowest BCUT2D eigenvalue weighted by Crippen LogP contribution is -2.49. The molecule has 0 N–H and O–H groups in total. The molecular weight excluding hydrogens is 452 g/mol. The van der Waals surface area contributed by atoms with Crippen molar-refractivity contribution in [2.75, 3.05) is 44.2 Å². The Morgan fingerprint density at radius 2 is 1.84 bits per heavy atom. The standard InChI is InChI=1S/C21H28N4O5S2/c1-3-24(4-2)32(29,30)18-8-9-19(20(16-18)25(27)28)22-11-13-23(14-12-22)21(26)10-7-17-6-5-15-31-17/h5-6,8-9,15-16H,3-4,7,10-14H2,1-2H3. The van der Waals surface area contributed by atoms with E-state index in [2.05, 4.69) is 0 Å². The summed E-state index contributed by atoms with van der Waals surface area (Å²) in [5, 5.41) is 13.7. The Morgan fingerprint density at radius 1 is 1.16 bits per heavy atom. The number of carbonyl (C=O) groups is 1. The highest BCUT2D eigenvalue weighted by atomic mass is 32.2. The van der Waals surface area contributed by atoms with Crippen molar-refractivity contribution in [2.45, 2.75) is 31.6 Å². The Balaban J connectivity index is 1.70. The predicted molar refractivity (Wildman–Crippen MR) is 125 cm³/mol. The maximum absolute atomic E-state index is 12.8. The van der Waals surface area contributed by atoms with Crippen molar-refractivity contribution in [3.8, 4) is 0 Å². The maximum atomic E-state index is 12.8. The lowest BCUT2D eigenvalue weighted by Gasteiger charge is -2.36. The number of hydrogen-bond acceptors (Lipinski definition) is 7. The number of piperazine rings is 1. The fraction of sp³-hybridized carbons (Fsp3) is 0.476. The van der Waals surface area contributed by atoms with Gasteiger partial charge >= 0.3 is 0 Å². The average Bonchev–Trinajstić information content (AvgIpc) is 3.31. The van der Waals surface area contributed by atoms with Crippen LogP contribution in [0.3, 0.4) is 0 Å². The van der Waals surface area contributed by atoms with Gasteiger partial charge in [-0.05, 0) is 30.0 Å². The molecule has 1 aromatic carbocycles. The van der Waals surface area contributed by atoms with Crippen LogP contribution >= 0.6 is 11.3 Å². The molecule has 1 aliphatic rings. The van der Waals surface area contributed by atoms with Gasteiger partial charge < -0.3 is 9.80 Å². The molecule has 1 saturated heterocycles. The maximum Gasteiger partial charge on any atom is 0.293 e. The van der Waals surface area contributed by atoms with Gasteiger partial charge in [0.25, 0.3) is 5.69 Å². The molecule has 1 amide bonds. The Hall–Kier alpha value is -2.50. The van der Waals surface area contributed by atoms with E-state index in [1.807, 2.05) is 22.4 Å². The lowest BCUT2D eigenvalue weighted by atomic mass is 10.2. The number of amides is 1. The number of sulfonamides is 1. The van der Waals surface area contributed by atoms with Crippen LogP contribution in [0.1, 0.15) is 25.1 Å². The fourth-order valence-corrected chi connectivity index (χ4v) is 6.02. The smallest absolute Gasteiger partial charge is 0.293 e. The van der Waals surface area contributed by atoms with Gasteiger partial charge in [-0.2, -0.15) is 4.31 Å². The van der Waals surface area contributed by atoms with E-state index in [1.165, 1.54) is 21.3 Å². The number of nitrogens with zero attached hydrogens (tertiary/aromatic N) is 4. The minimum absolute atomic E-state index is 0.0770. The fourth-order valence-electron chi connectivity index (χ4n) is 3.83. The molecule has 0 atom stereocenters. The quantitative estimate of drug-likeness (QED) is 0.404. The molecule has 11 heteroatoms. The van der Waals surface area contributed by atoms with Gasteiger partial charge in [0.15, 0.2) is 0 Å². The number of hydrogen-bond donors (Lipinski definition) is 0. The molecule has 174 valence electrons. The molecule has 1 fully saturated rings. The highest BCUT2D eigenvalue weighted by Crippen LogP contribution is 2.32. The average molecular weight is 481 g/mol. The van der Waals surface area contributed by atoms with Crippen LogP contribution in [-0.4, -0.2) is 67.7 Å². The van der Waals surface area contributed by atoms with Gasteiger partial charge in [-0.25, -0.2) is 8.42 Å². The van der Waals surface area contributed by atoms with Crippen LogP contribution in [0, 0.1) is 10.1 Å². The van der Waals surface area contributed by atoms with Gasteiger partial charge in [0.05, 0.1) is 9.82 Å². The zero-order valence-electron chi connectivity index (χ0n) is 18.3. The number of nitro benzene ring substituents is 1. The van der Waals surface area contributed by atoms with Gasteiger partial charge in [-0.1, -0.05) is 19.9 Å². The minimum Gasteiger partial charge on any atom is -0.362 e. The Morgan fingerprint density at radius 3 is 2.41 bits per heavy atom. The van der Waals surface area contributed by atoms with Crippen molar-refractivity contribution in [1.82, 2.24) is 9.21 Å². The molecule has 0 radical (unpaired) electrons. The molecule has 9 nitrogen and oxygen atoms in total. The number of carbonyl (C=O) groups excluding carboxylic acids is 1. The van der Waals surface area contributed by atoms with Crippen LogP contribution in [0.25, 0.3) is 0 Å².